The third-order valence-corrected chi connectivity index (χ3v) is 7.07. The Hall–Kier alpha value is -4.49. The monoisotopic (exact) mass is 517 g/mol. The molecular weight excluding hydrogens is 490 g/mol. The molecule has 0 spiro atoms. The van der Waals surface area contributed by atoms with Gasteiger partial charge in [-0.1, -0.05) is 30.3 Å². The lowest BCUT2D eigenvalue weighted by atomic mass is 10.0. The number of thiocarbonyl (C=S) groups is 1. The van der Waals surface area contributed by atoms with Crippen LogP contribution in [0.4, 0.5) is 5.69 Å². The lowest BCUT2D eigenvalue weighted by Gasteiger charge is -2.29. The van der Waals surface area contributed by atoms with Crippen LogP contribution in [0.25, 0.3) is 5.82 Å². The molecule has 0 unspecified atom stereocenters. The number of para-hydroxylation sites is 1. The molecule has 1 fully saturated rings. The van der Waals surface area contributed by atoms with Crippen LogP contribution in [-0.2, 0) is 0 Å². The maximum Gasteiger partial charge on any atom is 0.174 e. The molecule has 188 valence electrons. The number of ether oxygens (including phenoxy) is 1. The Kier molecular flexibility index (Phi) is 6.35. The summed E-state index contributed by atoms with van der Waals surface area (Å²) in [6, 6.07) is 30.0. The van der Waals surface area contributed by atoms with E-state index in [1.807, 2.05) is 111 Å². The van der Waals surface area contributed by atoms with Gasteiger partial charge in [0.25, 0.3) is 0 Å². The summed E-state index contributed by atoms with van der Waals surface area (Å²) < 4.78 is 8.26. The van der Waals surface area contributed by atoms with Crippen molar-refractivity contribution in [1.29, 1.82) is 0 Å². The largest absolute Gasteiger partial charge is 0.457 e. The van der Waals surface area contributed by atoms with Gasteiger partial charge in [0.1, 0.15) is 23.4 Å². The van der Waals surface area contributed by atoms with Crippen LogP contribution in [0, 0.1) is 13.8 Å². The normalized spacial score (nSPS) is 16.9. The Morgan fingerprint density at radius 1 is 0.842 bits per heavy atom. The highest BCUT2D eigenvalue weighted by molar-refractivity contribution is 7.80. The molecule has 0 radical (unpaired) electrons. The number of hydrogen-bond acceptors (Lipinski definition) is 4. The van der Waals surface area contributed by atoms with Crippen molar-refractivity contribution >= 4 is 23.0 Å². The standard InChI is InChI=1S/C31H27N5OS/c1-21-12-17-28(33-20-21)35-19-7-10-26(35)30-29(25-9-5-6-18-32-25)34-31(38)36(30)23-13-15-24(16-14-23)37-27-11-4-3-8-22(27)2/h3-20,29-30H,1-2H3,(H,34,38)/t29-,30+/m0/s1. The second-order valence-corrected chi connectivity index (χ2v) is 9.74. The van der Waals surface area contributed by atoms with Gasteiger partial charge in [0.05, 0.1) is 11.7 Å². The lowest BCUT2D eigenvalue weighted by molar-refractivity contribution is 0.479. The molecule has 3 aromatic heterocycles. The molecule has 6 rings (SSSR count). The van der Waals surface area contributed by atoms with Gasteiger partial charge >= 0.3 is 0 Å². The fourth-order valence-electron chi connectivity index (χ4n) is 4.85. The molecule has 0 aliphatic carbocycles. The summed E-state index contributed by atoms with van der Waals surface area (Å²) in [6.07, 6.45) is 5.75. The van der Waals surface area contributed by atoms with Crippen molar-refractivity contribution in [1.82, 2.24) is 19.9 Å². The minimum atomic E-state index is -0.154. The summed E-state index contributed by atoms with van der Waals surface area (Å²) >= 11 is 5.91. The van der Waals surface area contributed by atoms with E-state index in [9.17, 15) is 0 Å². The minimum absolute atomic E-state index is 0.148. The zero-order chi connectivity index (χ0) is 26.1. The van der Waals surface area contributed by atoms with Crippen LogP contribution in [-0.4, -0.2) is 19.6 Å². The van der Waals surface area contributed by atoms with E-state index < -0.39 is 0 Å². The molecule has 1 aliphatic heterocycles. The Morgan fingerprint density at radius 2 is 1.66 bits per heavy atom. The first-order valence-electron chi connectivity index (χ1n) is 12.5. The van der Waals surface area contributed by atoms with Gasteiger partial charge in [-0.15, -0.1) is 0 Å². The van der Waals surface area contributed by atoms with Gasteiger partial charge in [-0.05, 0) is 97.9 Å². The van der Waals surface area contributed by atoms with E-state index in [1.165, 1.54) is 0 Å². The van der Waals surface area contributed by atoms with E-state index in [0.29, 0.717) is 5.11 Å². The summed E-state index contributed by atoms with van der Waals surface area (Å²) in [4.78, 5) is 11.5. The molecule has 38 heavy (non-hydrogen) atoms. The molecular formula is C31H27N5OS. The second kappa shape index (κ2) is 10.1. The van der Waals surface area contributed by atoms with E-state index in [2.05, 4.69) is 36.9 Å². The Balaban J connectivity index is 1.40. The van der Waals surface area contributed by atoms with Crippen LogP contribution in [0.1, 0.15) is 34.6 Å². The zero-order valence-corrected chi connectivity index (χ0v) is 22.0. The first kappa shape index (κ1) is 23.9. The van der Waals surface area contributed by atoms with E-state index in [1.54, 1.807) is 0 Å². The topological polar surface area (TPSA) is 55.2 Å². The van der Waals surface area contributed by atoms with Gasteiger partial charge in [0.2, 0.25) is 0 Å². The number of hydrogen-bond donors (Lipinski definition) is 1. The molecule has 0 saturated carbocycles. The molecule has 6 nitrogen and oxygen atoms in total. The highest BCUT2D eigenvalue weighted by Gasteiger charge is 2.42. The van der Waals surface area contributed by atoms with Crippen LogP contribution in [0.15, 0.2) is 110 Å². The highest BCUT2D eigenvalue weighted by Crippen LogP contribution is 2.42. The van der Waals surface area contributed by atoms with Crippen LogP contribution in [0.5, 0.6) is 11.5 Å². The fourth-order valence-corrected chi connectivity index (χ4v) is 5.20. The Labute approximate surface area is 227 Å². The van der Waals surface area contributed by atoms with E-state index >= 15 is 0 Å². The summed E-state index contributed by atoms with van der Waals surface area (Å²) in [5.41, 5.74) is 5.15. The molecule has 1 aliphatic rings. The maximum atomic E-state index is 6.14. The first-order valence-corrected chi connectivity index (χ1v) is 12.9. The average molecular weight is 518 g/mol. The molecule has 0 amide bonds. The van der Waals surface area contributed by atoms with Crippen LogP contribution in [0.3, 0.4) is 0 Å². The van der Waals surface area contributed by atoms with Crippen LogP contribution < -0.4 is 15.0 Å². The molecule has 7 heteroatoms. The predicted molar refractivity (Wildman–Crippen MR) is 154 cm³/mol. The smallest absolute Gasteiger partial charge is 0.174 e. The molecule has 5 aromatic rings. The molecule has 0 bridgehead atoms. The predicted octanol–water partition coefficient (Wildman–Crippen LogP) is 6.85. The first-order chi connectivity index (χ1) is 18.6. The highest BCUT2D eigenvalue weighted by atomic mass is 32.1. The number of anilines is 1. The van der Waals surface area contributed by atoms with Crippen molar-refractivity contribution in [3.05, 3.63) is 132 Å². The summed E-state index contributed by atoms with van der Waals surface area (Å²) in [6.45, 7) is 4.08. The van der Waals surface area contributed by atoms with E-state index in [4.69, 9.17) is 17.0 Å². The maximum absolute atomic E-state index is 6.14. The van der Waals surface area contributed by atoms with Crippen LogP contribution in [0.2, 0.25) is 0 Å². The van der Waals surface area contributed by atoms with E-state index in [-0.39, 0.29) is 12.1 Å². The fraction of sp³-hybridized carbons (Fsp3) is 0.129. The van der Waals surface area contributed by atoms with Crippen molar-refractivity contribution in [3.8, 4) is 17.3 Å². The zero-order valence-electron chi connectivity index (χ0n) is 21.2. The van der Waals surface area contributed by atoms with Gasteiger partial charge in [-0.25, -0.2) is 4.98 Å². The summed E-state index contributed by atoms with van der Waals surface area (Å²) in [5, 5.41) is 4.18. The second-order valence-electron chi connectivity index (χ2n) is 9.35. The van der Waals surface area contributed by atoms with Crippen molar-refractivity contribution in [2.24, 2.45) is 0 Å². The third kappa shape index (κ3) is 4.53. The number of nitrogens with zero attached hydrogens (tertiary/aromatic N) is 4. The summed E-state index contributed by atoms with van der Waals surface area (Å²) in [5.74, 6) is 2.47. The summed E-state index contributed by atoms with van der Waals surface area (Å²) in [7, 11) is 0. The van der Waals surface area contributed by atoms with Gasteiger partial charge in [-0.3, -0.25) is 4.98 Å². The van der Waals surface area contributed by atoms with Crippen molar-refractivity contribution in [3.63, 3.8) is 0 Å². The minimum Gasteiger partial charge on any atom is -0.457 e. The van der Waals surface area contributed by atoms with Crippen LogP contribution >= 0.6 is 12.2 Å². The third-order valence-electron chi connectivity index (χ3n) is 6.76. The van der Waals surface area contributed by atoms with E-state index in [0.717, 1.165) is 45.5 Å². The van der Waals surface area contributed by atoms with Crippen molar-refractivity contribution in [2.45, 2.75) is 25.9 Å². The molecule has 2 atom stereocenters. The number of nitrogens with one attached hydrogen (secondary N) is 1. The molecule has 1 N–H and O–H groups in total. The van der Waals surface area contributed by atoms with Crippen molar-refractivity contribution in [2.75, 3.05) is 4.90 Å². The SMILES string of the molecule is Cc1ccc(-n2cccc2[C@@H]2[C@H](c3ccccn3)NC(=S)N2c2ccc(Oc3ccccc3C)cc2)nc1. The van der Waals surface area contributed by atoms with Gasteiger partial charge in [0.15, 0.2) is 5.11 Å². The van der Waals surface area contributed by atoms with Gasteiger partial charge < -0.3 is 19.5 Å². The lowest BCUT2D eigenvalue weighted by Crippen LogP contribution is -2.30. The van der Waals surface area contributed by atoms with Gasteiger partial charge in [0, 0.05) is 30.0 Å². The van der Waals surface area contributed by atoms with Crippen molar-refractivity contribution < 1.29 is 4.74 Å². The number of benzene rings is 2. The Morgan fingerprint density at radius 3 is 2.39 bits per heavy atom. The number of pyridine rings is 2. The molecule has 1 saturated heterocycles. The number of aromatic nitrogens is 3. The average Bonchev–Trinajstić information content (AvgIpc) is 3.56. The molecule has 4 heterocycles. The number of rotatable bonds is 6. The number of aryl methyl sites for hydroxylation is 2. The Bertz CT molecular complexity index is 1560. The molecule has 2 aromatic carbocycles. The quantitative estimate of drug-likeness (QED) is 0.249. The van der Waals surface area contributed by atoms with Gasteiger partial charge in [-0.2, -0.15) is 0 Å².